The van der Waals surface area contributed by atoms with Gasteiger partial charge in [0.15, 0.2) is 0 Å². The Morgan fingerprint density at radius 2 is 1.13 bits per heavy atom. The van der Waals surface area contributed by atoms with Gasteiger partial charge in [0.25, 0.3) is 0 Å². The lowest BCUT2D eigenvalue weighted by Crippen LogP contribution is -2.54. The summed E-state index contributed by atoms with van der Waals surface area (Å²) in [5, 5.41) is 24.3. The van der Waals surface area contributed by atoms with Crippen LogP contribution in [0.15, 0.2) is 86.2 Å². The van der Waals surface area contributed by atoms with Crippen molar-refractivity contribution in [2.45, 2.75) is 50.0 Å². The molecule has 14 heteroatoms. The zero-order chi connectivity index (χ0) is 37.9. The van der Waals surface area contributed by atoms with Gasteiger partial charge < -0.3 is 19.7 Å². The molecule has 10 rings (SSSR count). The molecule has 12 nitrogen and oxygen atoms in total. The molecule has 6 fully saturated rings. The monoisotopic (exact) mass is 874 g/mol. The standard InChI is InChI=1S/2C20H24N2O2.HI.H2O4S/c2*1-3-13-12-22-9-7-14(13)10-19(22)20(23)16-6-8-21-18-5-4-15(24-2)11-17(16)18;;1-5(2,3)4/h2*3-6,8,11,13-14,19-20,23H,1,7,9-10,12H2,2H3;1H;(H2,1,2,3,4)/t2*13-,14-,19-,20+;;/m00../s1. The largest absolute Gasteiger partial charge is 0.497 e. The average Bonchev–Trinajstić information content (AvgIpc) is 3.19. The van der Waals surface area contributed by atoms with E-state index in [0.717, 1.165) is 83.5 Å². The summed E-state index contributed by atoms with van der Waals surface area (Å²) in [5.41, 5.74) is 3.69. The van der Waals surface area contributed by atoms with Crippen LogP contribution in [-0.2, 0) is 10.4 Å². The summed E-state index contributed by atoms with van der Waals surface area (Å²) in [6.07, 6.45) is 11.2. The number of piperidine rings is 6. The molecule has 0 aliphatic carbocycles. The predicted octanol–water partition coefficient (Wildman–Crippen LogP) is 6.31. The molecule has 6 aliphatic rings. The van der Waals surface area contributed by atoms with Crippen molar-refractivity contribution in [3.8, 4) is 11.5 Å². The summed E-state index contributed by atoms with van der Waals surface area (Å²) in [4.78, 5) is 13.7. The Labute approximate surface area is 334 Å². The van der Waals surface area contributed by atoms with Crippen LogP contribution in [0.2, 0.25) is 0 Å². The van der Waals surface area contributed by atoms with Crippen molar-refractivity contribution < 1.29 is 37.2 Å². The van der Waals surface area contributed by atoms with Gasteiger partial charge in [-0.25, -0.2) is 0 Å². The molecule has 0 saturated carbocycles. The van der Waals surface area contributed by atoms with E-state index in [-0.39, 0.29) is 36.1 Å². The van der Waals surface area contributed by atoms with Gasteiger partial charge in [-0.15, -0.1) is 37.1 Å². The normalized spacial score (nSPS) is 28.0. The van der Waals surface area contributed by atoms with E-state index in [9.17, 15) is 10.2 Å². The first-order valence-electron chi connectivity index (χ1n) is 18.1. The van der Waals surface area contributed by atoms with Gasteiger partial charge in [-0.1, -0.05) is 12.2 Å². The van der Waals surface area contributed by atoms with E-state index in [0.29, 0.717) is 23.7 Å². The molecule has 4 aromatic rings. The number of aliphatic hydroxyl groups excluding tert-OH is 2. The van der Waals surface area contributed by atoms with Crippen LogP contribution in [0.1, 0.15) is 49.0 Å². The van der Waals surface area contributed by atoms with Gasteiger partial charge in [-0.2, -0.15) is 8.42 Å². The fourth-order valence-corrected chi connectivity index (χ4v) is 8.89. The van der Waals surface area contributed by atoms with Crippen molar-refractivity contribution in [3.63, 3.8) is 0 Å². The van der Waals surface area contributed by atoms with Gasteiger partial charge in [-0.05, 0) is 122 Å². The van der Waals surface area contributed by atoms with Gasteiger partial charge in [0, 0.05) is 48.3 Å². The molecule has 54 heavy (non-hydrogen) atoms. The number of halogens is 1. The number of aromatic nitrogens is 2. The highest BCUT2D eigenvalue weighted by Gasteiger charge is 2.43. The molecule has 2 aromatic carbocycles. The first kappa shape index (κ1) is 41.9. The lowest BCUT2D eigenvalue weighted by Gasteiger charge is -2.50. The molecule has 10 atom stereocenters. The highest BCUT2D eigenvalue weighted by Crippen LogP contribution is 2.43. The average molecular weight is 875 g/mol. The Balaban J connectivity index is 0.000000182. The Bertz CT molecular complexity index is 1900. The number of aliphatic hydroxyl groups is 2. The number of hydrogen-bond acceptors (Lipinski definition) is 10. The molecule has 6 saturated heterocycles. The highest BCUT2D eigenvalue weighted by atomic mass is 127. The number of benzene rings is 2. The Morgan fingerprint density at radius 1 is 0.741 bits per heavy atom. The topological polar surface area (TPSA) is 166 Å². The number of rotatable bonds is 8. The molecule has 8 heterocycles. The summed E-state index contributed by atoms with van der Waals surface area (Å²) in [7, 11) is -1.34. The molecule has 4 bridgehead atoms. The van der Waals surface area contributed by atoms with E-state index in [4.69, 9.17) is 27.0 Å². The minimum absolute atomic E-state index is 0. The maximum absolute atomic E-state index is 11.2. The smallest absolute Gasteiger partial charge is 0.394 e. The van der Waals surface area contributed by atoms with Crippen LogP contribution >= 0.6 is 24.0 Å². The fourth-order valence-electron chi connectivity index (χ4n) is 8.89. The van der Waals surface area contributed by atoms with Crippen LogP contribution in [0.4, 0.5) is 0 Å². The van der Waals surface area contributed by atoms with E-state index in [1.54, 1.807) is 26.6 Å². The molecule has 0 radical (unpaired) electrons. The van der Waals surface area contributed by atoms with Crippen LogP contribution in [0, 0.1) is 23.7 Å². The van der Waals surface area contributed by atoms with Gasteiger partial charge in [0.1, 0.15) is 11.5 Å². The zero-order valence-electron chi connectivity index (χ0n) is 30.6. The second-order valence-corrected chi connectivity index (χ2v) is 15.3. The van der Waals surface area contributed by atoms with Crippen LogP contribution in [-0.4, -0.2) is 100.0 Å². The molecular weight excluding hydrogens is 823 g/mol. The van der Waals surface area contributed by atoms with E-state index in [1.165, 1.54) is 12.8 Å². The molecule has 4 N–H and O–H groups in total. The van der Waals surface area contributed by atoms with Crippen molar-refractivity contribution in [2.75, 3.05) is 40.4 Å². The van der Waals surface area contributed by atoms with Crippen LogP contribution < -0.4 is 9.47 Å². The zero-order valence-corrected chi connectivity index (χ0v) is 33.8. The molecule has 6 aliphatic heterocycles. The van der Waals surface area contributed by atoms with E-state index < -0.39 is 22.6 Å². The van der Waals surface area contributed by atoms with Crippen molar-refractivity contribution in [1.29, 1.82) is 0 Å². The minimum Gasteiger partial charge on any atom is -0.497 e. The van der Waals surface area contributed by atoms with E-state index in [1.807, 2.05) is 48.5 Å². The number of methoxy groups -OCH3 is 2. The maximum atomic E-state index is 11.2. The number of hydrogen-bond donors (Lipinski definition) is 4. The Hall–Kier alpha value is -3.22. The third-order valence-corrected chi connectivity index (χ3v) is 11.6. The summed E-state index contributed by atoms with van der Waals surface area (Å²) in [6.45, 7) is 12.1. The SMILES string of the molecule is C=C[C@H]1C[N@]2CC[C@H]1C[C@H]2[C@H](O)c1ccnc2ccc(OC)cc12.C=C[C@H]1C[N@]2CC[C@H]1C[C@H]2[C@H](O)c1ccnc2ccc(OC)cc12.I.O=S(=O)(O)O. The van der Waals surface area contributed by atoms with E-state index >= 15 is 0 Å². The third-order valence-electron chi connectivity index (χ3n) is 11.6. The quantitative estimate of drug-likeness (QED) is 0.0888. The second kappa shape index (κ2) is 18.2. The number of fused-ring (bicyclic) bond motifs is 8. The molecule has 0 unspecified atom stereocenters. The summed E-state index contributed by atoms with van der Waals surface area (Å²) in [6, 6.07) is 15.9. The maximum Gasteiger partial charge on any atom is 0.394 e. The number of ether oxygens (including phenoxy) is 2. The van der Waals surface area contributed by atoms with Crippen molar-refractivity contribution in [3.05, 3.63) is 97.4 Å². The van der Waals surface area contributed by atoms with Gasteiger partial charge in [0.2, 0.25) is 0 Å². The Kier molecular flexibility index (Phi) is 14.1. The lowest BCUT2D eigenvalue weighted by atomic mass is 9.73. The summed E-state index contributed by atoms with van der Waals surface area (Å²) in [5.74, 6) is 4.01. The predicted molar refractivity (Wildman–Crippen MR) is 220 cm³/mol. The molecule has 2 aromatic heterocycles. The van der Waals surface area contributed by atoms with Crippen molar-refractivity contribution >= 4 is 56.2 Å². The number of pyridine rings is 2. The summed E-state index contributed by atoms with van der Waals surface area (Å²) < 4.78 is 42.3. The van der Waals surface area contributed by atoms with Crippen LogP contribution in [0.5, 0.6) is 11.5 Å². The number of nitrogens with zero attached hydrogens (tertiary/aromatic N) is 4. The van der Waals surface area contributed by atoms with Crippen molar-refractivity contribution in [1.82, 2.24) is 19.8 Å². The van der Waals surface area contributed by atoms with Gasteiger partial charge >= 0.3 is 10.4 Å². The van der Waals surface area contributed by atoms with Gasteiger partial charge in [0.05, 0.1) is 37.5 Å². The van der Waals surface area contributed by atoms with E-state index in [2.05, 4.69) is 45.1 Å². The third kappa shape index (κ3) is 9.41. The van der Waals surface area contributed by atoms with Crippen molar-refractivity contribution in [2.24, 2.45) is 23.7 Å². The summed E-state index contributed by atoms with van der Waals surface area (Å²) >= 11 is 0. The molecule has 0 spiro atoms. The molecule has 292 valence electrons. The highest BCUT2D eigenvalue weighted by molar-refractivity contribution is 14.0. The molecule has 0 amide bonds. The molecular formula is C40H51IN4O8S. The fraction of sp³-hybridized carbons (Fsp3) is 0.450. The first-order valence-corrected chi connectivity index (χ1v) is 19.5. The Morgan fingerprint density at radius 3 is 1.44 bits per heavy atom. The first-order chi connectivity index (χ1) is 25.4. The second-order valence-electron chi connectivity index (χ2n) is 14.4. The van der Waals surface area contributed by atoms with Crippen LogP contribution in [0.3, 0.4) is 0 Å². The van der Waals surface area contributed by atoms with Gasteiger partial charge in [-0.3, -0.25) is 28.9 Å². The van der Waals surface area contributed by atoms with Crippen LogP contribution in [0.25, 0.3) is 21.8 Å². The lowest BCUT2D eigenvalue weighted by molar-refractivity contribution is -0.0445. The minimum atomic E-state index is -4.67.